The van der Waals surface area contributed by atoms with E-state index in [1.165, 1.54) is 0 Å². The number of carboxylic acids is 1. The molecule has 4 N–H and O–H groups in total. The number of carbonyl (C=O) groups excluding carboxylic acids is 1. The summed E-state index contributed by atoms with van der Waals surface area (Å²) in [6, 6.07) is 0. The molecular weight excluding hydrogens is 314 g/mol. The number of aromatic nitrogens is 2. The zero-order chi connectivity index (χ0) is 16.8. The number of ether oxygens (including phenoxy) is 1. The Kier molecular flexibility index (Phi) is 6.04. The van der Waals surface area contributed by atoms with Gasteiger partial charge >= 0.3 is 12.1 Å². The number of anilines is 1. The van der Waals surface area contributed by atoms with Crippen LogP contribution in [0.3, 0.4) is 0 Å². The first-order chi connectivity index (χ1) is 10.2. The van der Waals surface area contributed by atoms with E-state index in [-0.39, 0.29) is 24.1 Å². The lowest BCUT2D eigenvalue weighted by Crippen LogP contribution is -2.34. The Labute approximate surface area is 130 Å². The number of amides is 1. The SMILES string of the molecule is CC(C)(C)OC(=O)NCCON=C(C(=O)O)c1nsc(N)n1. The average Bonchev–Trinajstić information content (AvgIpc) is 2.77. The lowest BCUT2D eigenvalue weighted by Gasteiger charge is -2.19. The number of nitrogens with one attached hydrogen (secondary N) is 1. The molecule has 0 aliphatic carbocycles. The summed E-state index contributed by atoms with van der Waals surface area (Å²) in [6.45, 7) is 5.25. The topological polar surface area (TPSA) is 149 Å². The van der Waals surface area contributed by atoms with Gasteiger partial charge in [0.2, 0.25) is 11.5 Å². The number of carboxylic acid groups (broad SMARTS) is 1. The number of alkyl carbamates (subject to hydrolysis) is 1. The number of oxime groups is 1. The van der Waals surface area contributed by atoms with Crippen molar-refractivity contribution < 1.29 is 24.3 Å². The lowest BCUT2D eigenvalue weighted by molar-refractivity contribution is -0.129. The van der Waals surface area contributed by atoms with E-state index in [9.17, 15) is 9.59 Å². The van der Waals surface area contributed by atoms with Crippen LogP contribution in [0.1, 0.15) is 26.6 Å². The van der Waals surface area contributed by atoms with E-state index in [4.69, 9.17) is 20.4 Å². The maximum absolute atomic E-state index is 11.3. The van der Waals surface area contributed by atoms with Crippen molar-refractivity contribution in [3.63, 3.8) is 0 Å². The molecule has 10 nitrogen and oxygen atoms in total. The predicted molar refractivity (Wildman–Crippen MR) is 78.7 cm³/mol. The van der Waals surface area contributed by atoms with Crippen LogP contribution in [0.25, 0.3) is 0 Å². The molecular formula is C11H17N5O5S. The molecule has 122 valence electrons. The number of carbonyl (C=O) groups is 2. The minimum absolute atomic E-state index is 0.0460. The second-order valence-electron chi connectivity index (χ2n) is 4.96. The van der Waals surface area contributed by atoms with E-state index in [2.05, 4.69) is 19.8 Å². The first kappa shape index (κ1) is 17.6. The van der Waals surface area contributed by atoms with Gasteiger partial charge in [0.25, 0.3) is 0 Å². The summed E-state index contributed by atoms with van der Waals surface area (Å²) in [5.41, 5.74) is 4.30. The molecule has 0 aliphatic heterocycles. The minimum Gasteiger partial charge on any atom is -0.476 e. The van der Waals surface area contributed by atoms with E-state index < -0.39 is 23.4 Å². The van der Waals surface area contributed by atoms with Crippen molar-refractivity contribution in [2.24, 2.45) is 5.16 Å². The quantitative estimate of drug-likeness (QED) is 0.386. The Balaban J connectivity index is 2.43. The van der Waals surface area contributed by atoms with Crippen LogP contribution in [-0.2, 0) is 14.4 Å². The largest absolute Gasteiger partial charge is 0.476 e. The zero-order valence-electron chi connectivity index (χ0n) is 12.3. The molecule has 0 unspecified atom stereocenters. The van der Waals surface area contributed by atoms with Crippen LogP contribution in [0.15, 0.2) is 5.16 Å². The number of nitrogen functional groups attached to an aromatic ring is 1. The highest BCUT2D eigenvalue weighted by molar-refractivity contribution is 7.09. The second kappa shape index (κ2) is 7.54. The van der Waals surface area contributed by atoms with Gasteiger partial charge in [-0.1, -0.05) is 5.16 Å². The van der Waals surface area contributed by atoms with E-state index >= 15 is 0 Å². The summed E-state index contributed by atoms with van der Waals surface area (Å²) in [6.07, 6.45) is -0.604. The van der Waals surface area contributed by atoms with E-state index in [1.54, 1.807) is 20.8 Å². The fourth-order valence-electron chi connectivity index (χ4n) is 1.13. The third kappa shape index (κ3) is 6.35. The molecule has 1 aromatic heterocycles. The van der Waals surface area contributed by atoms with Gasteiger partial charge < -0.3 is 25.7 Å². The molecule has 0 fully saturated rings. The van der Waals surface area contributed by atoms with Gasteiger partial charge in [0, 0.05) is 11.5 Å². The number of rotatable bonds is 6. The second-order valence-corrected chi connectivity index (χ2v) is 5.75. The number of aliphatic carboxylic acids is 1. The Hall–Kier alpha value is -2.43. The average molecular weight is 331 g/mol. The van der Waals surface area contributed by atoms with Crippen LogP contribution < -0.4 is 11.1 Å². The highest BCUT2D eigenvalue weighted by atomic mass is 32.1. The highest BCUT2D eigenvalue weighted by Gasteiger charge is 2.19. The van der Waals surface area contributed by atoms with Gasteiger partial charge in [-0.05, 0) is 20.8 Å². The van der Waals surface area contributed by atoms with Crippen LogP contribution in [0.5, 0.6) is 0 Å². The maximum Gasteiger partial charge on any atom is 0.407 e. The van der Waals surface area contributed by atoms with Crippen LogP contribution in [-0.4, -0.2) is 51.0 Å². The van der Waals surface area contributed by atoms with Gasteiger partial charge in [-0.3, -0.25) is 0 Å². The fourth-order valence-corrected chi connectivity index (χ4v) is 1.56. The van der Waals surface area contributed by atoms with E-state index in [1.807, 2.05) is 0 Å². The molecule has 0 bridgehead atoms. The summed E-state index contributed by atoms with van der Waals surface area (Å²) in [5, 5.41) is 15.0. The van der Waals surface area contributed by atoms with Crippen molar-refractivity contribution in [2.75, 3.05) is 18.9 Å². The molecule has 0 atom stereocenters. The number of hydrogen-bond donors (Lipinski definition) is 3. The summed E-state index contributed by atoms with van der Waals surface area (Å²) in [4.78, 5) is 30.9. The summed E-state index contributed by atoms with van der Waals surface area (Å²) >= 11 is 0.846. The molecule has 1 aromatic rings. The number of nitrogens with zero attached hydrogens (tertiary/aromatic N) is 3. The Bertz CT molecular complexity index is 565. The summed E-state index contributed by atoms with van der Waals surface area (Å²) < 4.78 is 8.74. The van der Waals surface area contributed by atoms with Crippen molar-refractivity contribution in [1.29, 1.82) is 0 Å². The number of nitrogens with two attached hydrogens (primary N) is 1. The summed E-state index contributed by atoms with van der Waals surface area (Å²) in [7, 11) is 0. The lowest BCUT2D eigenvalue weighted by atomic mass is 10.2. The van der Waals surface area contributed by atoms with Crippen LogP contribution in [0.4, 0.5) is 9.93 Å². The third-order valence-corrected chi connectivity index (χ3v) is 2.42. The fraction of sp³-hybridized carbons (Fsp3) is 0.545. The zero-order valence-corrected chi connectivity index (χ0v) is 13.1. The summed E-state index contributed by atoms with van der Waals surface area (Å²) in [5.74, 6) is -1.48. The Morgan fingerprint density at radius 1 is 1.45 bits per heavy atom. The van der Waals surface area contributed by atoms with Crippen LogP contribution >= 0.6 is 11.5 Å². The van der Waals surface area contributed by atoms with Gasteiger partial charge in [-0.25, -0.2) is 9.59 Å². The van der Waals surface area contributed by atoms with Crippen LogP contribution in [0, 0.1) is 0 Å². The van der Waals surface area contributed by atoms with Crippen molar-refractivity contribution in [1.82, 2.24) is 14.7 Å². The third-order valence-electron chi connectivity index (χ3n) is 1.87. The first-order valence-electron chi connectivity index (χ1n) is 6.18. The van der Waals surface area contributed by atoms with Crippen molar-refractivity contribution in [3.8, 4) is 0 Å². The van der Waals surface area contributed by atoms with Crippen LogP contribution in [0.2, 0.25) is 0 Å². The predicted octanol–water partition coefficient (Wildman–Crippen LogP) is 0.450. The molecule has 0 spiro atoms. The molecule has 0 saturated heterocycles. The first-order valence-corrected chi connectivity index (χ1v) is 6.96. The van der Waals surface area contributed by atoms with Gasteiger partial charge in [-0.15, -0.1) is 0 Å². The molecule has 0 aromatic carbocycles. The molecule has 22 heavy (non-hydrogen) atoms. The van der Waals surface area contributed by atoms with Gasteiger partial charge in [0.05, 0.1) is 6.54 Å². The van der Waals surface area contributed by atoms with E-state index in [0.29, 0.717) is 0 Å². The van der Waals surface area contributed by atoms with Crippen molar-refractivity contribution >= 4 is 34.4 Å². The Morgan fingerprint density at radius 2 is 2.14 bits per heavy atom. The van der Waals surface area contributed by atoms with Crippen molar-refractivity contribution in [2.45, 2.75) is 26.4 Å². The molecule has 1 amide bonds. The highest BCUT2D eigenvalue weighted by Crippen LogP contribution is 2.07. The normalized spacial score (nSPS) is 11.9. The molecule has 1 heterocycles. The van der Waals surface area contributed by atoms with E-state index in [0.717, 1.165) is 11.5 Å². The van der Waals surface area contributed by atoms with Gasteiger partial charge in [-0.2, -0.15) is 9.36 Å². The monoisotopic (exact) mass is 331 g/mol. The Morgan fingerprint density at radius 3 is 2.64 bits per heavy atom. The molecule has 0 aliphatic rings. The van der Waals surface area contributed by atoms with Gasteiger partial charge in [0.1, 0.15) is 12.2 Å². The minimum atomic E-state index is -1.35. The maximum atomic E-state index is 11.3. The molecule has 1 rings (SSSR count). The molecule has 0 radical (unpaired) electrons. The molecule has 0 saturated carbocycles. The standard InChI is InChI=1S/C11H17N5O5S/c1-11(2,3)21-10(19)13-4-5-20-15-6(8(17)18)7-14-9(12)22-16-7/h4-5H2,1-3H3,(H,13,19)(H,17,18)(H2,12,14,16). The van der Waals surface area contributed by atoms with Gasteiger partial charge in [0.15, 0.2) is 5.13 Å². The van der Waals surface area contributed by atoms with Crippen molar-refractivity contribution in [3.05, 3.63) is 5.82 Å². The molecule has 11 heteroatoms. The smallest absolute Gasteiger partial charge is 0.407 e. The number of hydrogen-bond acceptors (Lipinski definition) is 9.